The Morgan fingerprint density at radius 1 is 1.24 bits per heavy atom. The van der Waals surface area contributed by atoms with Crippen molar-refractivity contribution in [3.63, 3.8) is 0 Å². The maximum absolute atomic E-state index is 11.7. The van der Waals surface area contributed by atoms with Gasteiger partial charge in [-0.25, -0.2) is 4.79 Å². The van der Waals surface area contributed by atoms with Crippen LogP contribution in [0.4, 0.5) is 0 Å². The van der Waals surface area contributed by atoms with Crippen LogP contribution in [0.1, 0.15) is 16.8 Å². The van der Waals surface area contributed by atoms with E-state index in [1.165, 1.54) is 0 Å². The lowest BCUT2D eigenvalue weighted by molar-refractivity contribution is 0.714. The molecule has 0 spiro atoms. The zero-order valence-corrected chi connectivity index (χ0v) is 9.76. The van der Waals surface area contributed by atoms with Gasteiger partial charge >= 0.3 is 5.69 Å². The van der Waals surface area contributed by atoms with E-state index in [1.54, 1.807) is 17.7 Å². The van der Waals surface area contributed by atoms with Crippen molar-refractivity contribution in [1.82, 2.24) is 9.55 Å². The van der Waals surface area contributed by atoms with Gasteiger partial charge < -0.3 is 5.73 Å². The first-order chi connectivity index (χ1) is 8.20. The van der Waals surface area contributed by atoms with Gasteiger partial charge in [0.2, 0.25) is 0 Å². The molecule has 4 heteroatoms. The Balaban J connectivity index is 2.35. The Morgan fingerprint density at radius 3 is 2.59 bits per heavy atom. The summed E-state index contributed by atoms with van der Waals surface area (Å²) in [5, 5.41) is 0. The summed E-state index contributed by atoms with van der Waals surface area (Å²) in [4.78, 5) is 15.6. The lowest BCUT2D eigenvalue weighted by Crippen LogP contribution is -2.23. The van der Waals surface area contributed by atoms with Crippen LogP contribution in [0.5, 0.6) is 0 Å². The van der Waals surface area contributed by atoms with E-state index in [2.05, 4.69) is 4.98 Å². The summed E-state index contributed by atoms with van der Waals surface area (Å²) in [6.45, 7) is 2.79. The first kappa shape index (κ1) is 11.5. The van der Waals surface area contributed by atoms with Crippen LogP contribution in [-0.4, -0.2) is 9.55 Å². The molecule has 1 aromatic carbocycles. The molecule has 0 aliphatic rings. The number of aromatic nitrogens is 2. The zero-order chi connectivity index (χ0) is 12.3. The van der Waals surface area contributed by atoms with Crippen molar-refractivity contribution in [2.24, 2.45) is 5.73 Å². The number of benzene rings is 1. The summed E-state index contributed by atoms with van der Waals surface area (Å²) in [6.07, 6.45) is 1.76. The summed E-state index contributed by atoms with van der Waals surface area (Å²) in [7, 11) is 0. The van der Waals surface area contributed by atoms with Gasteiger partial charge in [-0.2, -0.15) is 4.98 Å². The summed E-state index contributed by atoms with van der Waals surface area (Å²) < 4.78 is 1.58. The van der Waals surface area contributed by atoms with Gasteiger partial charge in [0.25, 0.3) is 0 Å². The minimum atomic E-state index is -0.225. The Labute approximate surface area is 99.7 Å². The molecule has 17 heavy (non-hydrogen) atoms. The molecule has 0 aliphatic carbocycles. The van der Waals surface area contributed by atoms with Gasteiger partial charge in [0, 0.05) is 18.4 Å². The van der Waals surface area contributed by atoms with E-state index in [4.69, 9.17) is 5.73 Å². The lowest BCUT2D eigenvalue weighted by atomic mass is 10.1. The molecule has 0 saturated heterocycles. The lowest BCUT2D eigenvalue weighted by Gasteiger charge is -2.09. The number of hydrogen-bond donors (Lipinski definition) is 1. The second kappa shape index (κ2) is 4.93. The predicted molar refractivity (Wildman–Crippen MR) is 66.7 cm³/mol. The zero-order valence-electron chi connectivity index (χ0n) is 9.76. The van der Waals surface area contributed by atoms with Crippen LogP contribution in [0.3, 0.4) is 0 Å². The monoisotopic (exact) mass is 229 g/mol. The summed E-state index contributed by atoms with van der Waals surface area (Å²) in [5.74, 6) is 0. The smallest absolute Gasteiger partial charge is 0.326 e. The Morgan fingerprint density at radius 2 is 1.94 bits per heavy atom. The summed E-state index contributed by atoms with van der Waals surface area (Å²) in [6, 6.07) is 9.67. The Kier molecular flexibility index (Phi) is 3.35. The number of aryl methyl sites for hydroxylation is 1. The third kappa shape index (κ3) is 2.60. The van der Waals surface area contributed by atoms with Gasteiger partial charge in [0.1, 0.15) is 0 Å². The average molecular weight is 229 g/mol. The topological polar surface area (TPSA) is 60.9 Å². The third-order valence-electron chi connectivity index (χ3n) is 2.69. The molecule has 2 aromatic rings. The van der Waals surface area contributed by atoms with Crippen molar-refractivity contribution in [3.8, 4) is 0 Å². The van der Waals surface area contributed by atoms with Gasteiger partial charge in [0.15, 0.2) is 0 Å². The Hall–Kier alpha value is -1.94. The maximum atomic E-state index is 11.7. The second-order valence-electron chi connectivity index (χ2n) is 3.95. The third-order valence-corrected chi connectivity index (χ3v) is 2.69. The van der Waals surface area contributed by atoms with E-state index in [9.17, 15) is 4.79 Å². The molecular weight excluding hydrogens is 214 g/mol. The highest BCUT2D eigenvalue weighted by molar-refractivity contribution is 5.27. The van der Waals surface area contributed by atoms with E-state index in [-0.39, 0.29) is 5.69 Å². The van der Waals surface area contributed by atoms with Gasteiger partial charge in [-0.15, -0.1) is 0 Å². The van der Waals surface area contributed by atoms with E-state index < -0.39 is 0 Å². The van der Waals surface area contributed by atoms with Gasteiger partial charge in [-0.05, 0) is 24.1 Å². The highest BCUT2D eigenvalue weighted by Crippen LogP contribution is 2.08. The Bertz CT molecular complexity index is 575. The number of rotatable bonds is 3. The SMILES string of the molecule is Cc1ccn(Cc2ccccc2CN)c(=O)n1. The fourth-order valence-electron chi connectivity index (χ4n) is 1.73. The van der Waals surface area contributed by atoms with Crippen molar-refractivity contribution in [1.29, 1.82) is 0 Å². The van der Waals surface area contributed by atoms with E-state index in [0.717, 1.165) is 16.8 Å². The van der Waals surface area contributed by atoms with E-state index >= 15 is 0 Å². The summed E-state index contributed by atoms with van der Waals surface area (Å²) >= 11 is 0. The molecule has 0 amide bonds. The van der Waals surface area contributed by atoms with Gasteiger partial charge in [-0.3, -0.25) is 4.57 Å². The minimum Gasteiger partial charge on any atom is -0.326 e. The van der Waals surface area contributed by atoms with Crippen molar-refractivity contribution in [3.05, 3.63) is 63.8 Å². The average Bonchev–Trinajstić information content (AvgIpc) is 2.33. The number of nitrogens with two attached hydrogens (primary N) is 1. The molecule has 0 bridgehead atoms. The quantitative estimate of drug-likeness (QED) is 0.856. The highest BCUT2D eigenvalue weighted by atomic mass is 16.1. The number of nitrogens with zero attached hydrogens (tertiary/aromatic N) is 2. The molecule has 1 aromatic heterocycles. The number of hydrogen-bond acceptors (Lipinski definition) is 3. The van der Waals surface area contributed by atoms with Crippen LogP contribution in [0.25, 0.3) is 0 Å². The van der Waals surface area contributed by atoms with Crippen LogP contribution in [0.2, 0.25) is 0 Å². The van der Waals surface area contributed by atoms with Gasteiger partial charge in [0.05, 0.1) is 6.54 Å². The molecule has 2 rings (SSSR count). The molecule has 1 heterocycles. The highest BCUT2D eigenvalue weighted by Gasteiger charge is 2.03. The van der Waals surface area contributed by atoms with Crippen LogP contribution in [0.15, 0.2) is 41.3 Å². The molecule has 88 valence electrons. The van der Waals surface area contributed by atoms with Crippen molar-refractivity contribution < 1.29 is 0 Å². The van der Waals surface area contributed by atoms with Crippen LogP contribution < -0.4 is 11.4 Å². The molecule has 0 fully saturated rings. The van der Waals surface area contributed by atoms with Crippen molar-refractivity contribution >= 4 is 0 Å². The van der Waals surface area contributed by atoms with Crippen LogP contribution >= 0.6 is 0 Å². The molecule has 0 radical (unpaired) electrons. The normalized spacial score (nSPS) is 10.5. The molecule has 4 nitrogen and oxygen atoms in total. The van der Waals surface area contributed by atoms with Crippen LogP contribution in [-0.2, 0) is 13.1 Å². The summed E-state index contributed by atoms with van der Waals surface area (Å²) in [5.41, 5.74) is 8.29. The van der Waals surface area contributed by atoms with E-state index in [1.807, 2.05) is 30.3 Å². The minimum absolute atomic E-state index is 0.225. The molecule has 0 unspecified atom stereocenters. The van der Waals surface area contributed by atoms with Gasteiger partial charge in [-0.1, -0.05) is 24.3 Å². The maximum Gasteiger partial charge on any atom is 0.348 e. The largest absolute Gasteiger partial charge is 0.348 e. The first-order valence-corrected chi connectivity index (χ1v) is 5.51. The first-order valence-electron chi connectivity index (χ1n) is 5.51. The molecule has 0 saturated carbocycles. The van der Waals surface area contributed by atoms with Crippen molar-refractivity contribution in [2.75, 3.05) is 0 Å². The fraction of sp³-hybridized carbons (Fsp3) is 0.231. The van der Waals surface area contributed by atoms with E-state index in [0.29, 0.717) is 13.1 Å². The molecule has 0 atom stereocenters. The molecule has 0 aliphatic heterocycles. The fourth-order valence-corrected chi connectivity index (χ4v) is 1.73. The molecular formula is C13H15N3O. The standard InChI is InChI=1S/C13H15N3O/c1-10-6-7-16(13(17)15-10)9-12-5-3-2-4-11(12)8-14/h2-7H,8-9,14H2,1H3. The van der Waals surface area contributed by atoms with Crippen LogP contribution in [0, 0.1) is 6.92 Å². The predicted octanol–water partition coefficient (Wildman–Crippen LogP) is 1.06. The molecule has 2 N–H and O–H groups in total. The van der Waals surface area contributed by atoms with Crippen molar-refractivity contribution in [2.45, 2.75) is 20.0 Å². The second-order valence-corrected chi connectivity index (χ2v) is 3.95.